The Morgan fingerprint density at radius 3 is 2.62 bits per heavy atom. The average molecular weight is 391 g/mol. The van der Waals surface area contributed by atoms with Gasteiger partial charge in [-0.1, -0.05) is 17.7 Å². The Morgan fingerprint density at radius 1 is 1.23 bits per heavy atom. The van der Waals surface area contributed by atoms with Gasteiger partial charge in [-0.15, -0.1) is 0 Å². The van der Waals surface area contributed by atoms with E-state index in [1.165, 1.54) is 11.1 Å². The second-order valence-corrected chi connectivity index (χ2v) is 7.16. The minimum absolute atomic E-state index is 0.137. The standard InChI is InChI=1S/C20H23ClN2O2S/c1-12-16(21)6-5-7-17(12)22-20(26)23-9-8-14-10-18(24-3)19(25-4)11-15(14)13(23)2/h5-7,10-11,13H,8-9H2,1-4H3,(H,22,26)/t13-/m0/s1. The number of nitrogens with one attached hydrogen (secondary N) is 1. The summed E-state index contributed by atoms with van der Waals surface area (Å²) in [5.41, 5.74) is 4.41. The maximum atomic E-state index is 6.22. The van der Waals surface area contributed by atoms with Crippen LogP contribution < -0.4 is 14.8 Å². The van der Waals surface area contributed by atoms with Gasteiger partial charge >= 0.3 is 0 Å². The summed E-state index contributed by atoms with van der Waals surface area (Å²) >= 11 is 11.9. The van der Waals surface area contributed by atoms with Crippen LogP contribution in [0.2, 0.25) is 5.02 Å². The van der Waals surface area contributed by atoms with Crippen molar-refractivity contribution in [2.75, 3.05) is 26.1 Å². The highest BCUT2D eigenvalue weighted by atomic mass is 35.5. The number of ether oxygens (including phenoxy) is 2. The summed E-state index contributed by atoms with van der Waals surface area (Å²) in [6, 6.07) is 10.1. The summed E-state index contributed by atoms with van der Waals surface area (Å²) in [7, 11) is 3.32. The zero-order chi connectivity index (χ0) is 18.8. The second-order valence-electron chi connectivity index (χ2n) is 6.37. The molecule has 2 aromatic carbocycles. The molecule has 4 nitrogen and oxygen atoms in total. The van der Waals surface area contributed by atoms with E-state index in [1.807, 2.05) is 25.1 Å². The Hall–Kier alpha value is -1.98. The van der Waals surface area contributed by atoms with E-state index in [4.69, 9.17) is 33.3 Å². The van der Waals surface area contributed by atoms with Gasteiger partial charge in [-0.25, -0.2) is 0 Å². The Labute approximate surface area is 165 Å². The number of benzene rings is 2. The van der Waals surface area contributed by atoms with Gasteiger partial charge < -0.3 is 19.7 Å². The van der Waals surface area contributed by atoms with Crippen molar-refractivity contribution in [3.8, 4) is 11.5 Å². The summed E-state index contributed by atoms with van der Waals surface area (Å²) in [5, 5.41) is 4.78. The lowest BCUT2D eigenvalue weighted by molar-refractivity contribution is 0.316. The maximum absolute atomic E-state index is 6.22. The fourth-order valence-electron chi connectivity index (χ4n) is 3.35. The van der Waals surface area contributed by atoms with Gasteiger partial charge in [-0.2, -0.15) is 0 Å². The molecule has 0 saturated heterocycles. The first-order chi connectivity index (χ1) is 12.5. The van der Waals surface area contributed by atoms with Crippen molar-refractivity contribution >= 4 is 34.6 Å². The van der Waals surface area contributed by atoms with Crippen LogP contribution in [-0.4, -0.2) is 30.8 Å². The average Bonchev–Trinajstić information content (AvgIpc) is 2.64. The molecule has 0 radical (unpaired) electrons. The van der Waals surface area contributed by atoms with Gasteiger partial charge in [0.1, 0.15) is 0 Å². The smallest absolute Gasteiger partial charge is 0.173 e. The normalized spacial score (nSPS) is 16.0. The molecule has 1 aliphatic rings. The number of anilines is 1. The van der Waals surface area contributed by atoms with E-state index in [0.717, 1.165) is 40.7 Å². The molecule has 0 fully saturated rings. The van der Waals surface area contributed by atoms with Crippen molar-refractivity contribution in [1.82, 2.24) is 4.90 Å². The summed E-state index contributed by atoms with van der Waals surface area (Å²) in [5.74, 6) is 1.51. The quantitative estimate of drug-likeness (QED) is 0.747. The lowest BCUT2D eigenvalue weighted by atomic mass is 9.93. The highest BCUT2D eigenvalue weighted by Crippen LogP contribution is 2.38. The second kappa shape index (κ2) is 7.72. The van der Waals surface area contributed by atoms with Crippen LogP contribution in [0.15, 0.2) is 30.3 Å². The monoisotopic (exact) mass is 390 g/mol. The van der Waals surface area contributed by atoms with E-state index in [1.54, 1.807) is 14.2 Å². The van der Waals surface area contributed by atoms with E-state index < -0.39 is 0 Å². The molecule has 1 N–H and O–H groups in total. The molecule has 2 aromatic rings. The molecule has 1 aliphatic heterocycles. The molecule has 0 unspecified atom stereocenters. The topological polar surface area (TPSA) is 33.7 Å². The lowest BCUT2D eigenvalue weighted by Crippen LogP contribution is -2.41. The van der Waals surface area contributed by atoms with Gasteiger partial charge in [0.2, 0.25) is 0 Å². The van der Waals surface area contributed by atoms with Crippen LogP contribution in [0.25, 0.3) is 0 Å². The molecule has 0 bridgehead atoms. The number of hydrogen-bond acceptors (Lipinski definition) is 3. The molecule has 6 heteroatoms. The number of thiocarbonyl (C=S) groups is 1. The van der Waals surface area contributed by atoms with Gasteiger partial charge in [0.25, 0.3) is 0 Å². The van der Waals surface area contributed by atoms with Crippen LogP contribution in [-0.2, 0) is 6.42 Å². The molecule has 1 atom stereocenters. The largest absolute Gasteiger partial charge is 0.493 e. The zero-order valence-corrected chi connectivity index (χ0v) is 17.0. The number of rotatable bonds is 3. The van der Waals surface area contributed by atoms with Crippen molar-refractivity contribution in [3.05, 3.63) is 52.0 Å². The molecule has 0 amide bonds. The Morgan fingerprint density at radius 2 is 1.92 bits per heavy atom. The molecule has 0 aromatic heterocycles. The van der Waals surface area contributed by atoms with Gasteiger partial charge in [0.05, 0.1) is 20.3 Å². The van der Waals surface area contributed by atoms with E-state index in [2.05, 4.69) is 29.3 Å². The number of fused-ring (bicyclic) bond motifs is 1. The van der Waals surface area contributed by atoms with Crippen LogP contribution in [0, 0.1) is 6.92 Å². The minimum Gasteiger partial charge on any atom is -0.493 e. The van der Waals surface area contributed by atoms with Crippen molar-refractivity contribution in [2.24, 2.45) is 0 Å². The maximum Gasteiger partial charge on any atom is 0.173 e. The van der Waals surface area contributed by atoms with Gasteiger partial charge in [-0.05, 0) is 73.4 Å². The van der Waals surface area contributed by atoms with Crippen LogP contribution >= 0.6 is 23.8 Å². The molecule has 0 spiro atoms. The van der Waals surface area contributed by atoms with E-state index in [-0.39, 0.29) is 6.04 Å². The summed E-state index contributed by atoms with van der Waals surface area (Å²) in [4.78, 5) is 2.20. The SMILES string of the molecule is COc1cc2c(cc1OC)[C@H](C)N(C(=S)Nc1cccc(Cl)c1C)CC2. The fourth-order valence-corrected chi connectivity index (χ4v) is 3.89. The van der Waals surface area contributed by atoms with Gasteiger partial charge in [0, 0.05) is 17.3 Å². The molecule has 0 saturated carbocycles. The Kier molecular flexibility index (Phi) is 5.58. The lowest BCUT2D eigenvalue weighted by Gasteiger charge is -2.37. The van der Waals surface area contributed by atoms with E-state index in [9.17, 15) is 0 Å². The molecule has 1 heterocycles. The summed E-state index contributed by atoms with van der Waals surface area (Å²) in [6.07, 6.45) is 0.899. The first kappa shape index (κ1) is 18.8. The van der Waals surface area contributed by atoms with Crippen molar-refractivity contribution < 1.29 is 9.47 Å². The third-order valence-electron chi connectivity index (χ3n) is 4.96. The van der Waals surface area contributed by atoms with Crippen LogP contribution in [0.4, 0.5) is 5.69 Å². The summed E-state index contributed by atoms with van der Waals surface area (Å²) < 4.78 is 10.9. The number of nitrogens with zero attached hydrogens (tertiary/aromatic N) is 1. The highest BCUT2D eigenvalue weighted by Gasteiger charge is 2.27. The number of hydrogen-bond donors (Lipinski definition) is 1. The predicted molar refractivity (Wildman–Crippen MR) is 111 cm³/mol. The molecular formula is C20H23ClN2O2S. The van der Waals surface area contributed by atoms with Crippen LogP contribution in [0.3, 0.4) is 0 Å². The first-order valence-electron chi connectivity index (χ1n) is 8.53. The molecule has 138 valence electrons. The Balaban J connectivity index is 1.85. The number of halogens is 1. The number of methoxy groups -OCH3 is 2. The van der Waals surface area contributed by atoms with Crippen molar-refractivity contribution in [2.45, 2.75) is 26.3 Å². The first-order valence-corrected chi connectivity index (χ1v) is 9.32. The van der Waals surface area contributed by atoms with Crippen molar-refractivity contribution in [3.63, 3.8) is 0 Å². The third-order valence-corrected chi connectivity index (χ3v) is 5.70. The third kappa shape index (κ3) is 3.46. The predicted octanol–water partition coefficient (Wildman–Crippen LogP) is 4.98. The Bertz CT molecular complexity index is 841. The molecule has 0 aliphatic carbocycles. The van der Waals surface area contributed by atoms with Crippen LogP contribution in [0.1, 0.15) is 29.7 Å². The van der Waals surface area contributed by atoms with Gasteiger partial charge in [0.15, 0.2) is 16.6 Å². The minimum atomic E-state index is 0.137. The van der Waals surface area contributed by atoms with E-state index in [0.29, 0.717) is 5.11 Å². The molecular weight excluding hydrogens is 368 g/mol. The highest BCUT2D eigenvalue weighted by molar-refractivity contribution is 7.80. The van der Waals surface area contributed by atoms with Gasteiger partial charge in [-0.3, -0.25) is 0 Å². The van der Waals surface area contributed by atoms with Crippen molar-refractivity contribution in [1.29, 1.82) is 0 Å². The molecule has 3 rings (SSSR count). The molecule has 26 heavy (non-hydrogen) atoms. The zero-order valence-electron chi connectivity index (χ0n) is 15.4. The van der Waals surface area contributed by atoms with Crippen LogP contribution in [0.5, 0.6) is 11.5 Å². The summed E-state index contributed by atoms with van der Waals surface area (Å²) in [6.45, 7) is 4.98. The van der Waals surface area contributed by atoms with E-state index >= 15 is 0 Å². The fraction of sp³-hybridized carbons (Fsp3) is 0.350.